The lowest BCUT2D eigenvalue weighted by molar-refractivity contribution is -0.104. The molecule has 1 aliphatic rings. The highest BCUT2D eigenvalue weighted by molar-refractivity contribution is 5.85. The van der Waals surface area contributed by atoms with Crippen LogP contribution in [0.1, 0.15) is 24.8 Å². The fraction of sp³-hybridized carbons (Fsp3) is 0.400. The number of hydrogen-bond acceptors (Lipinski definition) is 7. The van der Waals surface area contributed by atoms with E-state index in [2.05, 4.69) is 0 Å². The second-order valence-electron chi connectivity index (χ2n) is 5.73. The molecule has 1 saturated carbocycles. The Labute approximate surface area is 124 Å². The van der Waals surface area contributed by atoms with Crippen LogP contribution in [-0.2, 0) is 5.60 Å². The van der Waals surface area contributed by atoms with E-state index in [0.29, 0.717) is 0 Å². The van der Waals surface area contributed by atoms with Crippen molar-refractivity contribution in [2.75, 3.05) is 0 Å². The minimum atomic E-state index is -1.64. The number of benzene rings is 1. The topological polar surface area (TPSA) is 131 Å². The van der Waals surface area contributed by atoms with E-state index in [9.17, 15) is 30.3 Å². The SMILES string of the molecule is O=c1c([C@]2(O)CC[C@@H](O)[C@H](O)C2)coc2cc(O)cc(O)c12. The van der Waals surface area contributed by atoms with E-state index in [4.69, 9.17) is 4.42 Å². The number of phenols is 2. The number of fused-ring (bicyclic) bond motifs is 1. The third kappa shape index (κ3) is 2.23. The maximum atomic E-state index is 12.5. The second-order valence-corrected chi connectivity index (χ2v) is 5.73. The van der Waals surface area contributed by atoms with E-state index >= 15 is 0 Å². The van der Waals surface area contributed by atoms with E-state index < -0.39 is 29.0 Å². The summed E-state index contributed by atoms with van der Waals surface area (Å²) in [5.74, 6) is -0.707. The monoisotopic (exact) mass is 308 g/mol. The molecule has 1 aromatic carbocycles. The van der Waals surface area contributed by atoms with Gasteiger partial charge in [0.15, 0.2) is 0 Å². The number of hydrogen-bond donors (Lipinski definition) is 5. The molecule has 1 aliphatic carbocycles. The third-order valence-corrected chi connectivity index (χ3v) is 4.19. The maximum absolute atomic E-state index is 12.5. The summed E-state index contributed by atoms with van der Waals surface area (Å²) in [4.78, 5) is 12.5. The van der Waals surface area contributed by atoms with Crippen LogP contribution in [0, 0.1) is 0 Å². The van der Waals surface area contributed by atoms with Crippen molar-refractivity contribution >= 4 is 11.0 Å². The van der Waals surface area contributed by atoms with Gasteiger partial charge in [-0.1, -0.05) is 0 Å². The Balaban J connectivity index is 2.16. The Morgan fingerprint density at radius 2 is 1.91 bits per heavy atom. The molecule has 0 radical (unpaired) electrons. The first-order valence-electron chi connectivity index (χ1n) is 6.88. The van der Waals surface area contributed by atoms with Gasteiger partial charge in [-0.25, -0.2) is 0 Å². The Morgan fingerprint density at radius 3 is 2.59 bits per heavy atom. The van der Waals surface area contributed by atoms with E-state index in [-0.39, 0.29) is 41.5 Å². The summed E-state index contributed by atoms with van der Waals surface area (Å²) in [6.07, 6.45) is -1.02. The van der Waals surface area contributed by atoms with Gasteiger partial charge < -0.3 is 29.9 Å². The van der Waals surface area contributed by atoms with Crippen molar-refractivity contribution in [2.24, 2.45) is 0 Å². The summed E-state index contributed by atoms with van der Waals surface area (Å²) in [5.41, 5.74) is -2.37. The highest BCUT2D eigenvalue weighted by Crippen LogP contribution is 2.37. The molecule has 0 spiro atoms. The van der Waals surface area contributed by atoms with Crippen molar-refractivity contribution in [3.05, 3.63) is 34.2 Å². The number of aliphatic hydroxyl groups excluding tert-OH is 2. The van der Waals surface area contributed by atoms with Crippen molar-refractivity contribution in [1.29, 1.82) is 0 Å². The number of rotatable bonds is 1. The largest absolute Gasteiger partial charge is 0.508 e. The first kappa shape index (κ1) is 14.8. The molecule has 0 unspecified atom stereocenters. The summed E-state index contributed by atoms with van der Waals surface area (Å²) in [6, 6.07) is 2.19. The van der Waals surface area contributed by atoms with E-state index in [1.165, 1.54) is 6.07 Å². The van der Waals surface area contributed by atoms with Gasteiger partial charge in [0.25, 0.3) is 0 Å². The lowest BCUT2D eigenvalue weighted by Gasteiger charge is -2.36. The zero-order valence-electron chi connectivity index (χ0n) is 11.6. The molecule has 1 fully saturated rings. The van der Waals surface area contributed by atoms with Gasteiger partial charge in [-0.05, 0) is 12.8 Å². The van der Waals surface area contributed by atoms with Crippen molar-refractivity contribution < 1.29 is 29.9 Å². The average molecular weight is 308 g/mol. The van der Waals surface area contributed by atoms with Gasteiger partial charge in [0, 0.05) is 18.6 Å². The minimum absolute atomic E-state index is 0.00811. The molecule has 3 atom stereocenters. The van der Waals surface area contributed by atoms with Crippen molar-refractivity contribution in [1.82, 2.24) is 0 Å². The number of aromatic hydroxyl groups is 2. The average Bonchev–Trinajstić information content (AvgIpc) is 2.42. The molecule has 5 N–H and O–H groups in total. The molecular weight excluding hydrogens is 292 g/mol. The van der Waals surface area contributed by atoms with Crippen LogP contribution in [0.15, 0.2) is 27.6 Å². The standard InChI is InChI=1S/C15H16O7/c16-7-3-10(18)13-12(4-7)22-6-8(14(13)20)15(21)2-1-9(17)11(19)5-15/h3-4,6,9,11,16-19,21H,1-2,5H2/t9-,11-,15+/m1/s1. The molecule has 118 valence electrons. The fourth-order valence-corrected chi connectivity index (χ4v) is 2.95. The first-order chi connectivity index (χ1) is 10.3. The normalized spacial score (nSPS) is 28.9. The fourth-order valence-electron chi connectivity index (χ4n) is 2.95. The molecule has 3 rings (SSSR count). The quantitative estimate of drug-likeness (QED) is 0.512. The predicted octanol–water partition coefficient (Wildman–Crippen LogP) is 0.297. The van der Waals surface area contributed by atoms with Crippen LogP contribution in [0.3, 0.4) is 0 Å². The smallest absolute Gasteiger partial charge is 0.202 e. The maximum Gasteiger partial charge on any atom is 0.202 e. The lowest BCUT2D eigenvalue weighted by Crippen LogP contribution is -2.44. The summed E-state index contributed by atoms with van der Waals surface area (Å²) in [5, 5.41) is 49.0. The Morgan fingerprint density at radius 1 is 1.18 bits per heavy atom. The molecular formula is C15H16O7. The lowest BCUT2D eigenvalue weighted by atomic mass is 9.77. The molecule has 2 aromatic rings. The molecule has 1 heterocycles. The third-order valence-electron chi connectivity index (χ3n) is 4.19. The Bertz CT molecular complexity index is 781. The van der Waals surface area contributed by atoms with E-state index in [1.54, 1.807) is 0 Å². The summed E-state index contributed by atoms with van der Waals surface area (Å²) in [6.45, 7) is 0. The van der Waals surface area contributed by atoms with Crippen LogP contribution >= 0.6 is 0 Å². The molecule has 0 bridgehead atoms. The molecule has 22 heavy (non-hydrogen) atoms. The highest BCUT2D eigenvalue weighted by atomic mass is 16.3. The Kier molecular flexibility index (Phi) is 3.36. The molecule has 7 nitrogen and oxygen atoms in total. The van der Waals surface area contributed by atoms with Crippen LogP contribution in [-0.4, -0.2) is 37.7 Å². The predicted molar refractivity (Wildman–Crippen MR) is 75.6 cm³/mol. The second kappa shape index (κ2) is 4.98. The number of phenolic OH excluding ortho intramolecular Hbond substituents is 2. The first-order valence-corrected chi connectivity index (χ1v) is 6.88. The number of aliphatic hydroxyl groups is 3. The van der Waals surface area contributed by atoms with Crippen LogP contribution in [0.5, 0.6) is 11.5 Å². The molecule has 0 saturated heterocycles. The van der Waals surface area contributed by atoms with Gasteiger partial charge in [0.1, 0.15) is 28.7 Å². The molecule has 0 amide bonds. The summed E-state index contributed by atoms with van der Waals surface area (Å²) >= 11 is 0. The van der Waals surface area contributed by atoms with Gasteiger partial charge in [-0.3, -0.25) is 4.79 Å². The van der Waals surface area contributed by atoms with Crippen LogP contribution in [0.25, 0.3) is 11.0 Å². The van der Waals surface area contributed by atoms with Gasteiger partial charge in [0.05, 0.1) is 23.4 Å². The zero-order chi connectivity index (χ0) is 16.1. The molecule has 7 heteroatoms. The van der Waals surface area contributed by atoms with Crippen LogP contribution in [0.4, 0.5) is 0 Å². The van der Waals surface area contributed by atoms with Crippen molar-refractivity contribution in [2.45, 2.75) is 37.1 Å². The van der Waals surface area contributed by atoms with Gasteiger partial charge in [-0.15, -0.1) is 0 Å². The minimum Gasteiger partial charge on any atom is -0.508 e. The van der Waals surface area contributed by atoms with Crippen LogP contribution in [0.2, 0.25) is 0 Å². The van der Waals surface area contributed by atoms with Gasteiger partial charge in [0.2, 0.25) is 5.43 Å². The van der Waals surface area contributed by atoms with Gasteiger partial charge in [-0.2, -0.15) is 0 Å². The van der Waals surface area contributed by atoms with Crippen molar-refractivity contribution in [3.8, 4) is 11.5 Å². The zero-order valence-corrected chi connectivity index (χ0v) is 11.6. The van der Waals surface area contributed by atoms with Crippen LogP contribution < -0.4 is 5.43 Å². The molecule has 1 aromatic heterocycles. The van der Waals surface area contributed by atoms with E-state index in [1.807, 2.05) is 0 Å². The summed E-state index contributed by atoms with van der Waals surface area (Å²) < 4.78 is 5.24. The van der Waals surface area contributed by atoms with E-state index in [0.717, 1.165) is 12.3 Å². The van der Waals surface area contributed by atoms with Gasteiger partial charge >= 0.3 is 0 Å². The summed E-state index contributed by atoms with van der Waals surface area (Å²) in [7, 11) is 0. The van der Waals surface area contributed by atoms with Crippen molar-refractivity contribution in [3.63, 3.8) is 0 Å². The Hall–Kier alpha value is -2.09. The highest BCUT2D eigenvalue weighted by Gasteiger charge is 2.41. The molecule has 0 aliphatic heterocycles.